The number of aryl methyl sites for hydroxylation is 1. The standard InChI is InChI=1S/C18H25N5O2/c1-22(2)15-6-7-19-12-14(15)18(24)21-11-13-5-4-10-25-16(13)17-20-8-9-23(17)3/h6-9,12-13,16H,4-5,10-11H2,1-3H3,(H,21,24)/t13-,16+/m0/s1. The van der Waals surface area contributed by atoms with Crippen molar-refractivity contribution in [2.75, 3.05) is 32.1 Å². The molecule has 0 spiro atoms. The van der Waals surface area contributed by atoms with E-state index in [1.54, 1.807) is 18.6 Å². The number of hydrogen-bond acceptors (Lipinski definition) is 5. The van der Waals surface area contributed by atoms with Gasteiger partial charge in [-0.25, -0.2) is 4.98 Å². The lowest BCUT2D eigenvalue weighted by Crippen LogP contribution is -2.36. The summed E-state index contributed by atoms with van der Waals surface area (Å²) in [7, 11) is 5.80. The quantitative estimate of drug-likeness (QED) is 0.896. The van der Waals surface area contributed by atoms with Crippen LogP contribution in [0.15, 0.2) is 30.9 Å². The Kier molecular flexibility index (Phi) is 5.33. The Labute approximate surface area is 148 Å². The Morgan fingerprint density at radius 2 is 2.28 bits per heavy atom. The highest BCUT2D eigenvalue weighted by molar-refractivity contribution is 5.99. The molecule has 7 heteroatoms. The van der Waals surface area contributed by atoms with Gasteiger partial charge in [0.05, 0.1) is 11.3 Å². The topological polar surface area (TPSA) is 72.3 Å². The minimum Gasteiger partial charge on any atom is -0.377 e. The number of imidazole rings is 1. The summed E-state index contributed by atoms with van der Waals surface area (Å²) < 4.78 is 7.94. The van der Waals surface area contributed by atoms with Crippen molar-refractivity contribution < 1.29 is 9.53 Å². The van der Waals surface area contributed by atoms with Crippen LogP contribution < -0.4 is 10.2 Å². The summed E-state index contributed by atoms with van der Waals surface area (Å²) in [5.74, 6) is 1.01. The van der Waals surface area contributed by atoms with Crippen molar-refractivity contribution in [2.24, 2.45) is 13.0 Å². The van der Waals surface area contributed by atoms with Crippen LogP contribution in [0.1, 0.15) is 35.1 Å². The number of carbonyl (C=O) groups is 1. The molecule has 2 aromatic rings. The number of nitrogens with one attached hydrogen (secondary N) is 1. The molecule has 1 fully saturated rings. The average molecular weight is 343 g/mol. The van der Waals surface area contributed by atoms with Crippen molar-refractivity contribution >= 4 is 11.6 Å². The number of rotatable bonds is 5. The molecule has 25 heavy (non-hydrogen) atoms. The first-order chi connectivity index (χ1) is 12.1. The molecule has 1 saturated heterocycles. The maximum atomic E-state index is 12.6. The Morgan fingerprint density at radius 3 is 3.00 bits per heavy atom. The van der Waals surface area contributed by atoms with Crippen LogP contribution in [0.4, 0.5) is 5.69 Å². The third-order valence-corrected chi connectivity index (χ3v) is 4.61. The van der Waals surface area contributed by atoms with E-state index in [-0.39, 0.29) is 17.9 Å². The molecular weight excluding hydrogens is 318 g/mol. The summed E-state index contributed by atoms with van der Waals surface area (Å²) >= 11 is 0. The Bertz CT molecular complexity index is 728. The van der Waals surface area contributed by atoms with Crippen molar-refractivity contribution in [3.05, 3.63) is 42.2 Å². The van der Waals surface area contributed by atoms with Gasteiger partial charge in [-0.1, -0.05) is 0 Å². The molecular formula is C18H25N5O2. The van der Waals surface area contributed by atoms with E-state index in [0.717, 1.165) is 31.0 Å². The van der Waals surface area contributed by atoms with Gasteiger partial charge in [0.25, 0.3) is 5.91 Å². The van der Waals surface area contributed by atoms with Gasteiger partial charge in [-0.05, 0) is 18.9 Å². The number of anilines is 1. The van der Waals surface area contributed by atoms with Crippen LogP contribution in [-0.2, 0) is 11.8 Å². The number of pyridine rings is 1. The number of aromatic nitrogens is 3. The van der Waals surface area contributed by atoms with Gasteiger partial charge >= 0.3 is 0 Å². The Balaban J connectivity index is 1.69. The van der Waals surface area contributed by atoms with Crippen LogP contribution in [0.2, 0.25) is 0 Å². The molecule has 1 amide bonds. The highest BCUT2D eigenvalue weighted by Gasteiger charge is 2.30. The molecule has 7 nitrogen and oxygen atoms in total. The predicted octanol–water partition coefficient (Wildman–Crippen LogP) is 1.78. The normalized spacial score (nSPS) is 20.3. The van der Waals surface area contributed by atoms with Gasteiger partial charge in [0.1, 0.15) is 11.9 Å². The highest BCUT2D eigenvalue weighted by Crippen LogP contribution is 2.32. The van der Waals surface area contributed by atoms with Crippen molar-refractivity contribution in [1.82, 2.24) is 19.9 Å². The fraction of sp³-hybridized carbons (Fsp3) is 0.500. The highest BCUT2D eigenvalue weighted by atomic mass is 16.5. The monoisotopic (exact) mass is 343 g/mol. The van der Waals surface area contributed by atoms with Gasteiger partial charge in [0.2, 0.25) is 0 Å². The molecule has 2 aromatic heterocycles. The number of nitrogens with zero attached hydrogens (tertiary/aromatic N) is 4. The van der Waals surface area contributed by atoms with Gasteiger partial charge in [-0.2, -0.15) is 0 Å². The molecule has 3 heterocycles. The van der Waals surface area contributed by atoms with Crippen molar-refractivity contribution in [2.45, 2.75) is 18.9 Å². The summed E-state index contributed by atoms with van der Waals surface area (Å²) in [6.07, 6.45) is 8.92. The maximum absolute atomic E-state index is 12.6. The van der Waals surface area contributed by atoms with Crippen molar-refractivity contribution in [1.29, 1.82) is 0 Å². The second-order valence-electron chi connectivity index (χ2n) is 6.59. The minimum absolute atomic E-state index is 0.0868. The van der Waals surface area contributed by atoms with E-state index < -0.39 is 0 Å². The fourth-order valence-electron chi connectivity index (χ4n) is 3.26. The molecule has 0 bridgehead atoms. The zero-order valence-corrected chi connectivity index (χ0v) is 15.0. The summed E-state index contributed by atoms with van der Waals surface area (Å²) in [5.41, 5.74) is 1.44. The molecule has 0 unspecified atom stereocenters. The third-order valence-electron chi connectivity index (χ3n) is 4.61. The molecule has 3 rings (SSSR count). The Morgan fingerprint density at radius 1 is 1.44 bits per heavy atom. The zero-order chi connectivity index (χ0) is 17.8. The van der Waals surface area contributed by atoms with Gasteiger partial charge in [0, 0.05) is 65.0 Å². The first-order valence-corrected chi connectivity index (χ1v) is 8.56. The molecule has 0 saturated carbocycles. The third kappa shape index (κ3) is 3.82. The van der Waals surface area contributed by atoms with Crippen molar-refractivity contribution in [3.63, 3.8) is 0 Å². The number of hydrogen-bond donors (Lipinski definition) is 1. The summed E-state index contributed by atoms with van der Waals surface area (Å²) in [5, 5.41) is 3.05. The van der Waals surface area contributed by atoms with Crippen LogP contribution in [0.3, 0.4) is 0 Å². The van der Waals surface area contributed by atoms with Gasteiger partial charge in [-0.15, -0.1) is 0 Å². The van der Waals surface area contributed by atoms with Crippen LogP contribution in [0, 0.1) is 5.92 Å². The van der Waals surface area contributed by atoms with Crippen LogP contribution in [-0.4, -0.2) is 47.7 Å². The van der Waals surface area contributed by atoms with E-state index >= 15 is 0 Å². The van der Waals surface area contributed by atoms with E-state index in [0.29, 0.717) is 12.1 Å². The average Bonchev–Trinajstić information content (AvgIpc) is 3.05. The Hall–Kier alpha value is -2.41. The van der Waals surface area contributed by atoms with E-state index in [4.69, 9.17) is 4.74 Å². The molecule has 134 valence electrons. The summed E-state index contributed by atoms with van der Waals surface area (Å²) in [4.78, 5) is 23.1. The number of carbonyl (C=O) groups excluding carboxylic acids is 1. The van der Waals surface area contributed by atoms with E-state index in [2.05, 4.69) is 15.3 Å². The molecule has 0 radical (unpaired) electrons. The van der Waals surface area contributed by atoms with Crippen molar-refractivity contribution in [3.8, 4) is 0 Å². The van der Waals surface area contributed by atoms with Gasteiger partial charge < -0.3 is 19.5 Å². The lowest BCUT2D eigenvalue weighted by molar-refractivity contribution is -0.0337. The SMILES string of the molecule is CN(C)c1ccncc1C(=O)NC[C@@H]1CCCO[C@H]1c1nccn1C. The maximum Gasteiger partial charge on any atom is 0.254 e. The first kappa shape index (κ1) is 17.4. The first-order valence-electron chi connectivity index (χ1n) is 8.56. The second kappa shape index (κ2) is 7.65. The lowest BCUT2D eigenvalue weighted by atomic mass is 9.93. The molecule has 1 N–H and O–H groups in total. The van der Waals surface area contributed by atoms with E-state index in [1.807, 2.05) is 42.9 Å². The predicted molar refractivity (Wildman–Crippen MR) is 95.5 cm³/mol. The summed E-state index contributed by atoms with van der Waals surface area (Å²) in [6, 6.07) is 1.84. The molecule has 0 aromatic carbocycles. The van der Waals surface area contributed by atoms with Crippen LogP contribution in [0.5, 0.6) is 0 Å². The second-order valence-corrected chi connectivity index (χ2v) is 6.59. The summed E-state index contributed by atoms with van der Waals surface area (Å²) in [6.45, 7) is 1.29. The minimum atomic E-state index is -0.110. The molecule has 2 atom stereocenters. The number of amides is 1. The lowest BCUT2D eigenvalue weighted by Gasteiger charge is -2.31. The van der Waals surface area contributed by atoms with Gasteiger partial charge in [-0.3, -0.25) is 9.78 Å². The zero-order valence-electron chi connectivity index (χ0n) is 15.0. The fourth-order valence-corrected chi connectivity index (χ4v) is 3.26. The smallest absolute Gasteiger partial charge is 0.254 e. The van der Waals surface area contributed by atoms with Crippen LogP contribution >= 0.6 is 0 Å². The molecule has 0 aliphatic carbocycles. The van der Waals surface area contributed by atoms with Gasteiger partial charge in [0.15, 0.2) is 0 Å². The largest absolute Gasteiger partial charge is 0.377 e. The van der Waals surface area contributed by atoms with Crippen LogP contribution in [0.25, 0.3) is 0 Å². The van der Waals surface area contributed by atoms with E-state index in [1.165, 1.54) is 0 Å². The molecule has 1 aliphatic rings. The number of ether oxygens (including phenoxy) is 1. The molecule has 1 aliphatic heterocycles. The van der Waals surface area contributed by atoms with E-state index in [9.17, 15) is 4.79 Å².